The minimum Gasteiger partial charge on any atom is -0.442 e. The zero-order valence-corrected chi connectivity index (χ0v) is 18.3. The second-order valence-corrected chi connectivity index (χ2v) is 8.79. The van der Waals surface area contributed by atoms with Crippen molar-refractivity contribution >= 4 is 34.4 Å². The maximum Gasteiger partial charge on any atom is 0.435 e. The van der Waals surface area contributed by atoms with Crippen LogP contribution in [0.25, 0.3) is 22.3 Å². The summed E-state index contributed by atoms with van der Waals surface area (Å²) in [6.07, 6.45) is 0.905. The van der Waals surface area contributed by atoms with Crippen molar-refractivity contribution in [3.05, 3.63) is 35.7 Å². The molecule has 8 nitrogen and oxygen atoms in total. The van der Waals surface area contributed by atoms with E-state index in [0.29, 0.717) is 16.7 Å². The summed E-state index contributed by atoms with van der Waals surface area (Å²) in [5.74, 6) is 0. The van der Waals surface area contributed by atoms with Gasteiger partial charge in [0, 0.05) is 37.4 Å². The Morgan fingerprint density at radius 2 is 1.77 bits per heavy atom. The molecule has 0 bridgehead atoms. The second kappa shape index (κ2) is 7.85. The molecule has 0 spiro atoms. The summed E-state index contributed by atoms with van der Waals surface area (Å²) in [4.78, 5) is 25.7. The lowest BCUT2D eigenvalue weighted by atomic mass is 10.1. The first-order chi connectivity index (χ1) is 14.2. The van der Waals surface area contributed by atoms with Gasteiger partial charge in [0.05, 0.1) is 6.20 Å². The fourth-order valence-corrected chi connectivity index (χ4v) is 3.55. The topological polar surface area (TPSA) is 76.4 Å². The highest BCUT2D eigenvalue weighted by Crippen LogP contribution is 2.29. The number of nitrogens with zero attached hydrogens (tertiary/aromatic N) is 6. The van der Waals surface area contributed by atoms with Crippen molar-refractivity contribution in [2.24, 2.45) is 0 Å². The van der Waals surface area contributed by atoms with Gasteiger partial charge in [-0.15, -0.1) is 0 Å². The molecular weight excluding hydrogens is 404 g/mol. The number of carbonyl (C=O) groups is 1. The summed E-state index contributed by atoms with van der Waals surface area (Å²) in [6, 6.07) is 8.12. The molecule has 1 aliphatic heterocycles. The summed E-state index contributed by atoms with van der Waals surface area (Å²) in [5, 5.41) is 4.60. The predicted octanol–water partition coefficient (Wildman–Crippen LogP) is 3.68. The van der Waals surface area contributed by atoms with Crippen LogP contribution in [0.15, 0.2) is 30.5 Å². The van der Waals surface area contributed by atoms with E-state index in [-0.39, 0.29) is 5.28 Å². The van der Waals surface area contributed by atoms with Crippen LogP contribution in [-0.4, -0.2) is 69.6 Å². The first kappa shape index (κ1) is 20.6. The number of aromatic nitrogens is 4. The average Bonchev–Trinajstić information content (AvgIpc) is 3.06. The summed E-state index contributed by atoms with van der Waals surface area (Å²) in [6.45, 7) is 9.50. The third-order valence-corrected chi connectivity index (χ3v) is 5.15. The SMILES string of the molecule is CN1CCN(c2ccc(-c3nn(C(=O)OC(C)(C)C)c4cnc(Cl)nc34)cc2)CC1. The van der Waals surface area contributed by atoms with E-state index in [1.807, 2.05) is 32.9 Å². The van der Waals surface area contributed by atoms with Crippen LogP contribution in [0.5, 0.6) is 0 Å². The van der Waals surface area contributed by atoms with E-state index in [2.05, 4.69) is 44.0 Å². The zero-order valence-electron chi connectivity index (χ0n) is 17.6. The monoisotopic (exact) mass is 428 g/mol. The number of benzene rings is 1. The molecule has 3 heterocycles. The predicted molar refractivity (Wildman–Crippen MR) is 117 cm³/mol. The van der Waals surface area contributed by atoms with Gasteiger partial charge in [-0.25, -0.2) is 14.8 Å². The Morgan fingerprint density at radius 3 is 2.40 bits per heavy atom. The van der Waals surface area contributed by atoms with E-state index in [4.69, 9.17) is 16.3 Å². The maximum absolute atomic E-state index is 12.7. The van der Waals surface area contributed by atoms with Gasteiger partial charge in [0.15, 0.2) is 0 Å². The second-order valence-electron chi connectivity index (χ2n) is 8.45. The largest absolute Gasteiger partial charge is 0.442 e. The smallest absolute Gasteiger partial charge is 0.435 e. The molecule has 0 N–H and O–H groups in total. The molecule has 3 aromatic rings. The van der Waals surface area contributed by atoms with Crippen LogP contribution in [0.2, 0.25) is 5.28 Å². The molecule has 30 heavy (non-hydrogen) atoms. The molecule has 0 saturated carbocycles. The van der Waals surface area contributed by atoms with Crippen molar-refractivity contribution < 1.29 is 9.53 Å². The molecule has 0 unspecified atom stereocenters. The number of anilines is 1. The fourth-order valence-electron chi connectivity index (χ4n) is 3.42. The molecule has 0 amide bonds. The van der Waals surface area contributed by atoms with E-state index in [0.717, 1.165) is 37.4 Å². The number of piperazine rings is 1. The molecule has 0 atom stereocenters. The standard InChI is InChI=1S/C21H25ClN6O2/c1-21(2,3)30-20(29)28-16-13-23-19(22)24-18(16)17(25-28)14-5-7-15(8-6-14)27-11-9-26(4)10-12-27/h5-8,13H,9-12H2,1-4H3. The third kappa shape index (κ3) is 4.24. The van der Waals surface area contributed by atoms with Crippen LogP contribution in [0.3, 0.4) is 0 Å². The van der Waals surface area contributed by atoms with Gasteiger partial charge >= 0.3 is 6.09 Å². The highest BCUT2D eigenvalue weighted by molar-refractivity contribution is 6.28. The van der Waals surface area contributed by atoms with Crippen molar-refractivity contribution in [3.8, 4) is 11.3 Å². The van der Waals surface area contributed by atoms with Crippen molar-refractivity contribution in [1.29, 1.82) is 0 Å². The first-order valence-corrected chi connectivity index (χ1v) is 10.3. The number of carbonyl (C=O) groups excluding carboxylic acids is 1. The van der Waals surface area contributed by atoms with Crippen LogP contribution in [0, 0.1) is 0 Å². The van der Waals surface area contributed by atoms with E-state index >= 15 is 0 Å². The van der Waals surface area contributed by atoms with Gasteiger partial charge in [-0.3, -0.25) is 0 Å². The van der Waals surface area contributed by atoms with Gasteiger partial charge in [0.1, 0.15) is 22.3 Å². The van der Waals surface area contributed by atoms with Gasteiger partial charge in [-0.2, -0.15) is 9.78 Å². The lowest BCUT2D eigenvalue weighted by Gasteiger charge is -2.34. The molecule has 158 valence electrons. The molecule has 1 aliphatic rings. The molecule has 1 saturated heterocycles. The van der Waals surface area contributed by atoms with Gasteiger partial charge in [-0.05, 0) is 51.6 Å². The lowest BCUT2D eigenvalue weighted by Crippen LogP contribution is -2.44. The molecule has 4 rings (SSSR count). The minimum atomic E-state index is -0.646. The van der Waals surface area contributed by atoms with Gasteiger partial charge < -0.3 is 14.5 Å². The number of hydrogen-bond acceptors (Lipinski definition) is 7. The molecular formula is C21H25ClN6O2. The number of rotatable bonds is 2. The van der Waals surface area contributed by atoms with Crippen LogP contribution in [-0.2, 0) is 4.74 Å². The van der Waals surface area contributed by atoms with Crippen molar-refractivity contribution in [2.45, 2.75) is 26.4 Å². The molecule has 0 radical (unpaired) electrons. The van der Waals surface area contributed by atoms with E-state index in [1.54, 1.807) is 0 Å². The Hall–Kier alpha value is -2.71. The Labute approximate surface area is 180 Å². The average molecular weight is 429 g/mol. The zero-order chi connectivity index (χ0) is 21.5. The Bertz CT molecular complexity index is 1070. The van der Waals surface area contributed by atoms with Crippen LogP contribution >= 0.6 is 11.6 Å². The van der Waals surface area contributed by atoms with E-state index < -0.39 is 11.7 Å². The lowest BCUT2D eigenvalue weighted by molar-refractivity contribution is 0.0523. The number of likely N-dealkylation sites (N-methyl/N-ethyl adjacent to an activating group) is 1. The van der Waals surface area contributed by atoms with E-state index in [9.17, 15) is 4.79 Å². The maximum atomic E-state index is 12.7. The summed E-state index contributed by atoms with van der Waals surface area (Å²) in [5.41, 5.74) is 2.88. The number of ether oxygens (including phenoxy) is 1. The van der Waals surface area contributed by atoms with E-state index in [1.165, 1.54) is 10.9 Å². The number of fused-ring (bicyclic) bond motifs is 1. The van der Waals surface area contributed by atoms with Crippen molar-refractivity contribution in [2.75, 3.05) is 38.1 Å². The van der Waals surface area contributed by atoms with Gasteiger partial charge in [0.25, 0.3) is 0 Å². The van der Waals surface area contributed by atoms with Crippen molar-refractivity contribution in [3.63, 3.8) is 0 Å². The molecule has 0 aliphatic carbocycles. The Kier molecular flexibility index (Phi) is 5.38. The highest BCUT2D eigenvalue weighted by Gasteiger charge is 2.24. The quantitative estimate of drug-likeness (QED) is 0.576. The van der Waals surface area contributed by atoms with Crippen molar-refractivity contribution in [1.82, 2.24) is 24.6 Å². The highest BCUT2D eigenvalue weighted by atomic mass is 35.5. The molecule has 1 fully saturated rings. The molecule has 9 heteroatoms. The molecule has 1 aromatic carbocycles. The number of halogens is 1. The fraction of sp³-hybridized carbons (Fsp3) is 0.429. The molecule has 2 aromatic heterocycles. The Morgan fingerprint density at radius 1 is 1.10 bits per heavy atom. The first-order valence-electron chi connectivity index (χ1n) is 9.90. The van der Waals surface area contributed by atoms with Gasteiger partial charge in [-0.1, -0.05) is 12.1 Å². The third-order valence-electron chi connectivity index (χ3n) is 4.97. The van der Waals surface area contributed by atoms with Crippen LogP contribution in [0.4, 0.5) is 10.5 Å². The summed E-state index contributed by atoms with van der Waals surface area (Å²) < 4.78 is 6.68. The van der Waals surface area contributed by atoms with Crippen LogP contribution < -0.4 is 4.90 Å². The minimum absolute atomic E-state index is 0.0987. The normalized spacial score (nSPS) is 15.6. The van der Waals surface area contributed by atoms with Gasteiger partial charge in [0.2, 0.25) is 5.28 Å². The summed E-state index contributed by atoms with van der Waals surface area (Å²) in [7, 11) is 2.14. The number of hydrogen-bond donors (Lipinski definition) is 0. The summed E-state index contributed by atoms with van der Waals surface area (Å²) >= 11 is 6.03. The Balaban J connectivity index is 1.70. The van der Waals surface area contributed by atoms with Crippen LogP contribution in [0.1, 0.15) is 20.8 Å².